The Bertz CT molecular complexity index is 397. The van der Waals surface area contributed by atoms with Gasteiger partial charge in [-0.25, -0.2) is 4.39 Å². The Balaban J connectivity index is 3.24. The lowest BCUT2D eigenvalue weighted by molar-refractivity contribution is 0.0798. The van der Waals surface area contributed by atoms with Crippen molar-refractivity contribution in [2.75, 3.05) is 13.6 Å². The zero-order chi connectivity index (χ0) is 11.6. The molecule has 1 rings (SSSR count). The molecular formula is C10H10ClFINO. The van der Waals surface area contributed by atoms with Gasteiger partial charge in [-0.3, -0.25) is 4.79 Å². The average molecular weight is 342 g/mol. The smallest absolute Gasteiger partial charge is 0.258 e. The van der Waals surface area contributed by atoms with E-state index in [2.05, 4.69) is 0 Å². The van der Waals surface area contributed by atoms with Crippen LogP contribution >= 0.6 is 34.2 Å². The van der Waals surface area contributed by atoms with Crippen LogP contribution in [0.3, 0.4) is 0 Å². The van der Waals surface area contributed by atoms with Gasteiger partial charge in [-0.2, -0.15) is 0 Å². The maximum Gasteiger partial charge on any atom is 0.258 e. The predicted octanol–water partition coefficient (Wildman–Crippen LogP) is 3.18. The van der Waals surface area contributed by atoms with Crippen molar-refractivity contribution < 1.29 is 9.18 Å². The summed E-state index contributed by atoms with van der Waals surface area (Å²) < 4.78 is 14.1. The molecule has 0 aromatic heterocycles. The van der Waals surface area contributed by atoms with Crippen LogP contribution in [0.25, 0.3) is 0 Å². The Hall–Kier alpha value is -0.360. The van der Waals surface area contributed by atoms with Gasteiger partial charge in [0.25, 0.3) is 5.91 Å². The van der Waals surface area contributed by atoms with Gasteiger partial charge in [0.1, 0.15) is 5.82 Å². The van der Waals surface area contributed by atoms with Gasteiger partial charge in [-0.1, -0.05) is 11.6 Å². The fraction of sp³-hybridized carbons (Fsp3) is 0.300. The van der Waals surface area contributed by atoms with Crippen LogP contribution in [0.4, 0.5) is 4.39 Å². The highest BCUT2D eigenvalue weighted by Gasteiger charge is 2.20. The van der Waals surface area contributed by atoms with E-state index in [0.717, 1.165) is 0 Å². The summed E-state index contributed by atoms with van der Waals surface area (Å²) in [6.45, 7) is 2.33. The Labute approximate surface area is 107 Å². The number of halogens is 3. The van der Waals surface area contributed by atoms with Crippen molar-refractivity contribution in [3.8, 4) is 0 Å². The Morgan fingerprint density at radius 1 is 1.60 bits per heavy atom. The van der Waals surface area contributed by atoms with Gasteiger partial charge in [0, 0.05) is 17.2 Å². The monoisotopic (exact) mass is 341 g/mol. The first kappa shape index (κ1) is 12.7. The van der Waals surface area contributed by atoms with Crippen molar-refractivity contribution in [3.05, 3.63) is 32.1 Å². The van der Waals surface area contributed by atoms with E-state index in [1.807, 2.05) is 29.5 Å². The van der Waals surface area contributed by atoms with Crippen LogP contribution < -0.4 is 0 Å². The number of hydrogen-bond acceptors (Lipinski definition) is 1. The molecule has 5 heteroatoms. The van der Waals surface area contributed by atoms with Gasteiger partial charge in [-0.05, 0) is 41.6 Å². The molecule has 1 aromatic rings. The third kappa shape index (κ3) is 2.60. The second-order valence-electron chi connectivity index (χ2n) is 3.04. The number of hydrogen-bond donors (Lipinski definition) is 0. The molecule has 0 aliphatic rings. The molecule has 15 heavy (non-hydrogen) atoms. The molecule has 0 aliphatic carbocycles. The molecule has 1 amide bonds. The van der Waals surface area contributed by atoms with Crippen molar-refractivity contribution in [1.82, 2.24) is 4.90 Å². The van der Waals surface area contributed by atoms with Crippen LogP contribution in [0.15, 0.2) is 12.1 Å². The van der Waals surface area contributed by atoms with Crippen molar-refractivity contribution in [2.24, 2.45) is 0 Å². The van der Waals surface area contributed by atoms with Gasteiger partial charge in [0.2, 0.25) is 0 Å². The average Bonchev–Trinajstić information content (AvgIpc) is 2.22. The normalized spacial score (nSPS) is 10.2. The third-order valence-corrected chi connectivity index (χ3v) is 3.69. The molecule has 0 fully saturated rings. The Morgan fingerprint density at radius 3 is 2.73 bits per heavy atom. The summed E-state index contributed by atoms with van der Waals surface area (Å²) in [5.41, 5.74) is -0.0482. The second-order valence-corrected chi connectivity index (χ2v) is 4.58. The van der Waals surface area contributed by atoms with Gasteiger partial charge in [-0.15, -0.1) is 0 Å². The SMILES string of the molecule is CCN(C)C(=O)c1c(F)ccc(I)c1Cl. The minimum absolute atomic E-state index is 0.0482. The molecule has 0 spiro atoms. The van der Waals surface area contributed by atoms with Gasteiger partial charge in [0.05, 0.1) is 10.6 Å². The molecule has 0 unspecified atom stereocenters. The molecule has 0 bridgehead atoms. The van der Waals surface area contributed by atoms with E-state index >= 15 is 0 Å². The fourth-order valence-electron chi connectivity index (χ4n) is 1.06. The lowest BCUT2D eigenvalue weighted by atomic mass is 10.2. The molecule has 0 radical (unpaired) electrons. The topological polar surface area (TPSA) is 20.3 Å². The highest BCUT2D eigenvalue weighted by Crippen LogP contribution is 2.26. The first-order chi connectivity index (χ1) is 6.99. The number of carbonyl (C=O) groups excluding carboxylic acids is 1. The summed E-state index contributed by atoms with van der Waals surface area (Å²) >= 11 is 7.87. The molecular weight excluding hydrogens is 331 g/mol. The van der Waals surface area contributed by atoms with Gasteiger partial charge < -0.3 is 4.90 Å². The van der Waals surface area contributed by atoms with Crippen LogP contribution in [-0.4, -0.2) is 24.4 Å². The highest BCUT2D eigenvalue weighted by molar-refractivity contribution is 14.1. The van der Waals surface area contributed by atoms with Crippen molar-refractivity contribution in [3.63, 3.8) is 0 Å². The fourth-order valence-corrected chi connectivity index (χ4v) is 1.74. The van der Waals surface area contributed by atoms with Crippen molar-refractivity contribution in [1.29, 1.82) is 0 Å². The minimum Gasteiger partial charge on any atom is -0.342 e. The lowest BCUT2D eigenvalue weighted by Gasteiger charge is -2.16. The summed E-state index contributed by atoms with van der Waals surface area (Å²) in [6, 6.07) is 2.80. The van der Waals surface area contributed by atoms with E-state index in [4.69, 9.17) is 11.6 Å². The second kappa shape index (κ2) is 5.12. The van der Waals surface area contributed by atoms with Crippen LogP contribution in [0.5, 0.6) is 0 Å². The largest absolute Gasteiger partial charge is 0.342 e. The molecule has 82 valence electrons. The summed E-state index contributed by atoms with van der Waals surface area (Å²) in [7, 11) is 1.61. The molecule has 0 saturated carbocycles. The quantitative estimate of drug-likeness (QED) is 0.598. The lowest BCUT2D eigenvalue weighted by Crippen LogP contribution is -2.27. The van der Waals surface area contributed by atoms with E-state index < -0.39 is 11.7 Å². The van der Waals surface area contributed by atoms with E-state index in [9.17, 15) is 9.18 Å². The van der Waals surface area contributed by atoms with Gasteiger partial charge in [0.15, 0.2) is 0 Å². The molecule has 0 aliphatic heterocycles. The summed E-state index contributed by atoms with van der Waals surface area (Å²) in [6.07, 6.45) is 0. The molecule has 0 N–H and O–H groups in total. The van der Waals surface area contributed by atoms with Crippen LogP contribution in [0.2, 0.25) is 5.02 Å². The highest BCUT2D eigenvalue weighted by atomic mass is 127. The maximum atomic E-state index is 13.4. The molecule has 2 nitrogen and oxygen atoms in total. The Kier molecular flexibility index (Phi) is 4.33. The number of rotatable bonds is 2. The number of carbonyl (C=O) groups is 1. The summed E-state index contributed by atoms with van der Waals surface area (Å²) in [4.78, 5) is 13.2. The van der Waals surface area contributed by atoms with Crippen LogP contribution in [0.1, 0.15) is 17.3 Å². The third-order valence-electron chi connectivity index (χ3n) is 2.08. The molecule has 0 heterocycles. The van der Waals surface area contributed by atoms with E-state index in [-0.39, 0.29) is 10.6 Å². The number of benzene rings is 1. The first-order valence-corrected chi connectivity index (χ1v) is 5.83. The molecule has 1 aromatic carbocycles. The van der Waals surface area contributed by atoms with Crippen molar-refractivity contribution >= 4 is 40.1 Å². The maximum absolute atomic E-state index is 13.4. The van der Waals surface area contributed by atoms with Crippen LogP contribution in [-0.2, 0) is 0 Å². The zero-order valence-electron chi connectivity index (χ0n) is 8.35. The number of nitrogens with zero attached hydrogens (tertiary/aromatic N) is 1. The summed E-state index contributed by atoms with van der Waals surface area (Å²) in [5, 5.41) is 0.181. The Morgan fingerprint density at radius 2 is 2.20 bits per heavy atom. The van der Waals surface area contributed by atoms with Crippen molar-refractivity contribution in [2.45, 2.75) is 6.92 Å². The number of amides is 1. The van der Waals surface area contributed by atoms with E-state index in [1.54, 1.807) is 13.1 Å². The summed E-state index contributed by atoms with van der Waals surface area (Å²) in [5.74, 6) is -0.968. The van der Waals surface area contributed by atoms with E-state index in [1.165, 1.54) is 11.0 Å². The molecule has 0 saturated heterocycles. The van der Waals surface area contributed by atoms with E-state index in [0.29, 0.717) is 10.1 Å². The van der Waals surface area contributed by atoms with Gasteiger partial charge >= 0.3 is 0 Å². The zero-order valence-corrected chi connectivity index (χ0v) is 11.3. The molecule has 0 atom stereocenters. The minimum atomic E-state index is -0.578. The first-order valence-electron chi connectivity index (χ1n) is 4.38. The predicted molar refractivity (Wildman–Crippen MR) is 66.8 cm³/mol. The van der Waals surface area contributed by atoms with Crippen LogP contribution in [0, 0.1) is 9.39 Å². The standard InChI is InChI=1S/C10H10ClFINO/c1-3-14(2)10(15)8-6(12)4-5-7(13)9(8)11/h4-5H,3H2,1-2H3.